The lowest BCUT2D eigenvalue weighted by atomic mass is 9.92. The summed E-state index contributed by atoms with van der Waals surface area (Å²) in [5, 5.41) is 5.72. The number of amides is 2. The molecule has 6 aromatic heterocycles. The average molecular weight is 947 g/mol. The van der Waals surface area contributed by atoms with Crippen molar-refractivity contribution in [3.05, 3.63) is 84.2 Å². The zero-order valence-corrected chi connectivity index (χ0v) is 41.6. The van der Waals surface area contributed by atoms with Gasteiger partial charge in [-0.3, -0.25) is 9.59 Å². The first-order valence-corrected chi connectivity index (χ1v) is 24.5. The third kappa shape index (κ3) is 9.18. The SMILES string of the molecule is C#C.CCN.CCn1c(-c2nc3cc(C(=O)N4CCC5CCNC5C4)cc(OC)c3n2C)cc2cccnc21.CCn1c(-c2nc3cc(C(=O)N4CCCCC4)cc(OC)c3n2C)cc2cccnc21. The van der Waals surface area contributed by atoms with E-state index in [4.69, 9.17) is 25.2 Å². The average Bonchev–Trinajstić information content (AvgIpc) is 4.24. The third-order valence-corrected chi connectivity index (χ3v) is 13.8. The molecule has 0 saturated carbocycles. The number of nitrogens with one attached hydrogen (secondary N) is 1. The number of aryl methyl sites for hydroxylation is 4. The lowest BCUT2D eigenvalue weighted by molar-refractivity contribution is 0.0668. The third-order valence-electron chi connectivity index (χ3n) is 13.8. The molecule has 2 unspecified atom stereocenters. The molecule has 3 saturated heterocycles. The molecule has 3 aliphatic heterocycles. The maximum Gasteiger partial charge on any atom is 0.254 e. The van der Waals surface area contributed by atoms with Gasteiger partial charge in [0.1, 0.15) is 33.8 Å². The molecular formula is C54H66N12O4. The van der Waals surface area contributed by atoms with E-state index in [-0.39, 0.29) is 11.8 Å². The van der Waals surface area contributed by atoms with Gasteiger partial charge in [-0.05, 0) is 126 Å². The van der Waals surface area contributed by atoms with Gasteiger partial charge in [0.2, 0.25) is 0 Å². The van der Waals surface area contributed by atoms with Crippen LogP contribution in [0.5, 0.6) is 11.5 Å². The topological polar surface area (TPSA) is 168 Å². The summed E-state index contributed by atoms with van der Waals surface area (Å²) in [7, 11) is 7.28. The van der Waals surface area contributed by atoms with E-state index in [1.165, 1.54) is 12.8 Å². The number of fused-ring (bicyclic) bond motifs is 5. The van der Waals surface area contributed by atoms with E-state index in [2.05, 4.69) is 79.9 Å². The van der Waals surface area contributed by atoms with E-state index >= 15 is 0 Å². The normalized spacial score (nSPS) is 16.5. The lowest BCUT2D eigenvalue weighted by Gasteiger charge is -2.35. The largest absolute Gasteiger partial charge is 0.494 e. The van der Waals surface area contributed by atoms with Gasteiger partial charge < -0.3 is 48.6 Å². The molecule has 3 fully saturated rings. The van der Waals surface area contributed by atoms with Crippen molar-refractivity contribution in [2.24, 2.45) is 25.7 Å². The van der Waals surface area contributed by atoms with Crippen LogP contribution >= 0.6 is 0 Å². The minimum absolute atomic E-state index is 0.0476. The Bertz CT molecular complexity index is 3170. The zero-order valence-electron chi connectivity index (χ0n) is 41.6. The fraction of sp³-hybridized carbons (Fsp3) is 0.407. The number of hydrogen-bond donors (Lipinski definition) is 2. The molecule has 366 valence electrons. The predicted molar refractivity (Wildman–Crippen MR) is 278 cm³/mol. The summed E-state index contributed by atoms with van der Waals surface area (Å²) in [5.41, 5.74) is 13.3. The Morgan fingerprint density at radius 2 is 1.19 bits per heavy atom. The van der Waals surface area contributed by atoms with Crippen LogP contribution in [0.2, 0.25) is 0 Å². The Labute approximate surface area is 409 Å². The monoisotopic (exact) mass is 947 g/mol. The van der Waals surface area contributed by atoms with Gasteiger partial charge in [-0.25, -0.2) is 19.9 Å². The van der Waals surface area contributed by atoms with Crippen molar-refractivity contribution in [1.82, 2.24) is 53.3 Å². The van der Waals surface area contributed by atoms with Gasteiger partial charge in [0.05, 0.1) is 36.6 Å². The number of piperidine rings is 2. The van der Waals surface area contributed by atoms with Crippen molar-refractivity contribution in [2.45, 2.75) is 72.0 Å². The highest BCUT2D eigenvalue weighted by Gasteiger charge is 2.35. The van der Waals surface area contributed by atoms with Crippen molar-refractivity contribution in [2.75, 3.05) is 53.5 Å². The van der Waals surface area contributed by atoms with Gasteiger partial charge in [0.25, 0.3) is 11.8 Å². The summed E-state index contributed by atoms with van der Waals surface area (Å²) in [5.74, 6) is 3.78. The Balaban J connectivity index is 0.000000173. The van der Waals surface area contributed by atoms with E-state index in [0.717, 1.165) is 139 Å². The molecule has 11 rings (SSSR count). The molecule has 0 aliphatic carbocycles. The van der Waals surface area contributed by atoms with Crippen LogP contribution in [0.4, 0.5) is 0 Å². The molecule has 9 heterocycles. The first-order chi connectivity index (χ1) is 34.1. The Kier molecular flexibility index (Phi) is 15.2. The summed E-state index contributed by atoms with van der Waals surface area (Å²) in [6.45, 7) is 12.7. The predicted octanol–water partition coefficient (Wildman–Crippen LogP) is 7.90. The summed E-state index contributed by atoms with van der Waals surface area (Å²) in [4.78, 5) is 49.6. The number of ether oxygens (including phenoxy) is 2. The number of nitrogens with two attached hydrogens (primary N) is 1. The number of aromatic nitrogens is 8. The number of likely N-dealkylation sites (tertiary alicyclic amines) is 2. The molecule has 2 amide bonds. The number of imidazole rings is 2. The molecule has 2 atom stereocenters. The van der Waals surface area contributed by atoms with Gasteiger partial charge in [-0.1, -0.05) is 6.92 Å². The highest BCUT2D eigenvalue weighted by Crippen LogP contribution is 2.37. The number of pyridine rings is 2. The summed E-state index contributed by atoms with van der Waals surface area (Å²) in [6, 6.07) is 20.2. The van der Waals surface area contributed by atoms with Crippen LogP contribution < -0.4 is 20.5 Å². The van der Waals surface area contributed by atoms with Crippen molar-refractivity contribution >= 4 is 55.9 Å². The number of hydrogen-bond acceptors (Lipinski definition) is 10. The first-order valence-electron chi connectivity index (χ1n) is 24.5. The van der Waals surface area contributed by atoms with Gasteiger partial charge in [0.15, 0.2) is 11.6 Å². The van der Waals surface area contributed by atoms with Crippen molar-refractivity contribution in [3.8, 4) is 47.4 Å². The zero-order chi connectivity index (χ0) is 49.6. The van der Waals surface area contributed by atoms with E-state index in [0.29, 0.717) is 34.6 Å². The summed E-state index contributed by atoms with van der Waals surface area (Å²) < 4.78 is 19.9. The first kappa shape index (κ1) is 49.2. The standard InChI is InChI=1S/C26H30N6O2.C24H27N5O2.C2H7N.C2H2/c1-4-32-21(13-17-6-5-9-28-24(17)32)25-29-19-12-18(14-22(34-3)23(19)30(25)2)26(33)31-11-8-16-7-10-27-20(16)15-31;1-4-29-19(14-16-9-8-10-25-22(16)29)23-26-18-13-17(15-20(31-3)21(18)27(23)2)24(30)28-11-6-5-7-12-28;1-2-3;1-2/h5-6,9,12-14,16,20,27H,4,7-8,10-11,15H2,1-3H3;8-10,13-15H,4-7,11-12H2,1-3H3;2-3H2,1H3;1-2H. The molecule has 0 spiro atoms. The molecule has 70 heavy (non-hydrogen) atoms. The molecule has 8 aromatic rings. The van der Waals surface area contributed by atoms with Gasteiger partial charge in [-0.2, -0.15) is 0 Å². The van der Waals surface area contributed by atoms with Crippen LogP contribution in [-0.2, 0) is 27.2 Å². The molecule has 0 radical (unpaired) electrons. The number of benzene rings is 2. The van der Waals surface area contributed by atoms with E-state index in [1.54, 1.807) is 14.2 Å². The number of rotatable bonds is 8. The van der Waals surface area contributed by atoms with Crippen LogP contribution in [0.3, 0.4) is 0 Å². The second-order valence-corrected chi connectivity index (χ2v) is 17.9. The maximum atomic E-state index is 13.5. The number of methoxy groups -OCH3 is 2. The van der Waals surface area contributed by atoms with Crippen molar-refractivity contribution in [1.29, 1.82) is 0 Å². The van der Waals surface area contributed by atoms with Crippen LogP contribution in [-0.4, -0.2) is 119 Å². The molecule has 16 nitrogen and oxygen atoms in total. The maximum absolute atomic E-state index is 13.5. The Morgan fingerprint density at radius 3 is 1.66 bits per heavy atom. The van der Waals surface area contributed by atoms with Gasteiger partial charge >= 0.3 is 0 Å². The molecule has 0 bridgehead atoms. The van der Waals surface area contributed by atoms with Gasteiger partial charge in [-0.15, -0.1) is 12.8 Å². The van der Waals surface area contributed by atoms with Gasteiger partial charge in [0, 0.05) is 93.7 Å². The smallest absolute Gasteiger partial charge is 0.254 e. The van der Waals surface area contributed by atoms with Crippen LogP contribution in [0, 0.1) is 18.8 Å². The number of carbonyl (C=O) groups is 2. The highest BCUT2D eigenvalue weighted by molar-refractivity contribution is 6.01. The fourth-order valence-electron chi connectivity index (χ4n) is 10.5. The quantitative estimate of drug-likeness (QED) is 0.143. The number of carbonyl (C=O) groups excluding carboxylic acids is 2. The summed E-state index contributed by atoms with van der Waals surface area (Å²) >= 11 is 0. The minimum Gasteiger partial charge on any atom is -0.494 e. The molecule has 3 aliphatic rings. The molecule has 3 N–H and O–H groups in total. The van der Waals surface area contributed by atoms with E-state index in [9.17, 15) is 9.59 Å². The van der Waals surface area contributed by atoms with Crippen LogP contribution in [0.1, 0.15) is 73.6 Å². The van der Waals surface area contributed by atoms with E-state index in [1.807, 2.05) is 84.2 Å². The fourth-order valence-corrected chi connectivity index (χ4v) is 10.5. The lowest BCUT2D eigenvalue weighted by Crippen LogP contribution is -2.48. The summed E-state index contributed by atoms with van der Waals surface area (Å²) in [6.07, 6.45) is 17.2. The van der Waals surface area contributed by atoms with Crippen molar-refractivity contribution in [3.63, 3.8) is 0 Å². The number of terminal acetylenes is 1. The van der Waals surface area contributed by atoms with Crippen LogP contribution in [0.25, 0.3) is 67.2 Å². The highest BCUT2D eigenvalue weighted by atomic mass is 16.5. The second kappa shape index (κ2) is 21.6. The van der Waals surface area contributed by atoms with E-state index < -0.39 is 0 Å². The Hall–Kier alpha value is -7.22. The van der Waals surface area contributed by atoms with Crippen LogP contribution in [0.15, 0.2) is 73.1 Å². The molecular weight excluding hydrogens is 881 g/mol. The Morgan fingerprint density at radius 1 is 0.700 bits per heavy atom. The molecule has 16 heteroatoms. The van der Waals surface area contributed by atoms with Crippen molar-refractivity contribution < 1.29 is 19.1 Å². The molecule has 2 aromatic carbocycles. The minimum atomic E-state index is 0.0476. The number of nitrogens with zero attached hydrogens (tertiary/aromatic N) is 10. The second-order valence-electron chi connectivity index (χ2n) is 17.9.